The van der Waals surface area contributed by atoms with Gasteiger partial charge in [0, 0.05) is 37.0 Å². The van der Waals surface area contributed by atoms with Crippen LogP contribution in [-0.2, 0) is 7.05 Å². The number of rotatable bonds is 6. The number of fused-ring (bicyclic) bond motifs is 2. The molecule has 0 amide bonds. The smallest absolute Gasteiger partial charge is 0.158 e. The molecule has 0 spiro atoms. The van der Waals surface area contributed by atoms with E-state index in [2.05, 4.69) is 56.9 Å². The van der Waals surface area contributed by atoms with Gasteiger partial charge in [0.25, 0.3) is 0 Å². The second-order valence-electron chi connectivity index (χ2n) is 6.78. The predicted octanol–water partition coefficient (Wildman–Crippen LogP) is 3.17. The highest BCUT2D eigenvalue weighted by molar-refractivity contribution is 5.64. The predicted molar refractivity (Wildman–Crippen MR) is 104 cm³/mol. The van der Waals surface area contributed by atoms with Crippen LogP contribution in [0.25, 0.3) is 11.6 Å². The molecule has 4 nitrogen and oxygen atoms in total. The van der Waals surface area contributed by atoms with Gasteiger partial charge in [-0.15, -0.1) is 0 Å². The summed E-state index contributed by atoms with van der Waals surface area (Å²) in [7, 11) is 2.00. The zero-order valence-corrected chi connectivity index (χ0v) is 16.2. The average molecular weight is 338 g/mol. The van der Waals surface area contributed by atoms with Crippen LogP contribution in [0.15, 0.2) is 34.6 Å². The van der Waals surface area contributed by atoms with E-state index < -0.39 is 0 Å². The third kappa shape index (κ3) is 3.22. The Morgan fingerprint density at radius 2 is 2.04 bits per heavy atom. The largest absolute Gasteiger partial charge is 0.375 e. The first-order valence-electron chi connectivity index (χ1n) is 9.57. The SMILES string of the molecule is C/C=C(\CCC)c1nn(C)c2c1=CC1CC(N(CC)CC)=CC=C1N=2. The molecule has 1 aromatic rings. The Labute approximate surface area is 150 Å². The van der Waals surface area contributed by atoms with E-state index in [-0.39, 0.29) is 0 Å². The normalized spacial score (nSPS) is 19.2. The highest BCUT2D eigenvalue weighted by Gasteiger charge is 2.24. The third-order valence-electron chi connectivity index (χ3n) is 5.25. The molecule has 0 N–H and O–H groups in total. The zero-order chi connectivity index (χ0) is 18.0. The maximum Gasteiger partial charge on any atom is 0.158 e. The van der Waals surface area contributed by atoms with E-state index in [1.807, 2.05) is 11.7 Å². The Bertz CT molecular complexity index is 847. The number of hydrogen-bond acceptors (Lipinski definition) is 3. The van der Waals surface area contributed by atoms with E-state index in [1.54, 1.807) is 0 Å². The van der Waals surface area contributed by atoms with E-state index in [0.717, 1.165) is 49.2 Å². The van der Waals surface area contributed by atoms with E-state index in [4.69, 9.17) is 10.1 Å². The molecule has 1 atom stereocenters. The number of aryl methyl sites for hydroxylation is 1. The molecule has 1 aromatic heterocycles. The molecule has 3 rings (SSSR count). The van der Waals surface area contributed by atoms with Crippen LogP contribution in [0.5, 0.6) is 0 Å². The first-order chi connectivity index (χ1) is 12.1. The summed E-state index contributed by atoms with van der Waals surface area (Å²) >= 11 is 0. The molecule has 0 saturated heterocycles. The van der Waals surface area contributed by atoms with E-state index >= 15 is 0 Å². The van der Waals surface area contributed by atoms with Crippen molar-refractivity contribution in [2.24, 2.45) is 18.0 Å². The lowest BCUT2D eigenvalue weighted by Crippen LogP contribution is -2.35. The molecule has 0 radical (unpaired) electrons. The van der Waals surface area contributed by atoms with Crippen molar-refractivity contribution < 1.29 is 0 Å². The van der Waals surface area contributed by atoms with Crippen LogP contribution in [-0.4, -0.2) is 27.8 Å². The van der Waals surface area contributed by atoms with Gasteiger partial charge in [-0.05, 0) is 51.3 Å². The van der Waals surface area contributed by atoms with Crippen LogP contribution >= 0.6 is 0 Å². The Kier molecular flexibility index (Phi) is 5.26. The van der Waals surface area contributed by atoms with Crippen molar-refractivity contribution in [2.45, 2.75) is 47.0 Å². The van der Waals surface area contributed by atoms with Gasteiger partial charge in [0.1, 0.15) is 0 Å². The molecule has 1 aliphatic carbocycles. The van der Waals surface area contributed by atoms with Gasteiger partial charge in [-0.1, -0.05) is 25.5 Å². The summed E-state index contributed by atoms with van der Waals surface area (Å²) in [5, 5.41) is 6.01. The van der Waals surface area contributed by atoms with E-state index in [9.17, 15) is 0 Å². The van der Waals surface area contributed by atoms with Crippen molar-refractivity contribution in [1.82, 2.24) is 14.7 Å². The van der Waals surface area contributed by atoms with Gasteiger partial charge in [-0.2, -0.15) is 5.10 Å². The van der Waals surface area contributed by atoms with E-state index in [1.165, 1.54) is 16.5 Å². The Morgan fingerprint density at radius 1 is 1.28 bits per heavy atom. The van der Waals surface area contributed by atoms with Gasteiger partial charge >= 0.3 is 0 Å². The number of hydrogen-bond donors (Lipinski definition) is 0. The highest BCUT2D eigenvalue weighted by Crippen LogP contribution is 2.30. The van der Waals surface area contributed by atoms with Crippen molar-refractivity contribution in [3.05, 3.63) is 46.0 Å². The second kappa shape index (κ2) is 7.42. The van der Waals surface area contributed by atoms with Gasteiger partial charge in [0.15, 0.2) is 5.49 Å². The molecule has 2 aliphatic rings. The molecular formula is C21H30N4. The fraction of sp³-hybridized carbons (Fsp3) is 0.524. The van der Waals surface area contributed by atoms with Crippen molar-refractivity contribution in [1.29, 1.82) is 0 Å². The average Bonchev–Trinajstić information content (AvgIpc) is 2.94. The second-order valence-corrected chi connectivity index (χ2v) is 6.78. The van der Waals surface area contributed by atoms with Gasteiger partial charge in [0.05, 0.1) is 11.4 Å². The fourth-order valence-electron chi connectivity index (χ4n) is 3.88. The van der Waals surface area contributed by atoms with Gasteiger partial charge in [-0.25, -0.2) is 9.67 Å². The third-order valence-corrected chi connectivity index (χ3v) is 5.25. The fourth-order valence-corrected chi connectivity index (χ4v) is 3.88. The molecule has 25 heavy (non-hydrogen) atoms. The standard InChI is InChI=1S/C21H30N4/c1-6-10-15(7-2)20-18-14-16-13-17(25(8-3)9-4)11-12-19(16)22-21(18)24(5)23-20/h7,11-12,14,16H,6,8-10,13H2,1-5H3/b15-7+. The molecule has 1 aliphatic heterocycles. The highest BCUT2D eigenvalue weighted by atomic mass is 15.3. The van der Waals surface area contributed by atoms with E-state index in [0.29, 0.717) is 5.92 Å². The summed E-state index contributed by atoms with van der Waals surface area (Å²) in [6, 6.07) is 0. The summed E-state index contributed by atoms with van der Waals surface area (Å²) in [4.78, 5) is 7.39. The number of nitrogens with zero attached hydrogens (tertiary/aromatic N) is 4. The molecule has 0 bridgehead atoms. The lowest BCUT2D eigenvalue weighted by molar-refractivity contribution is 0.359. The molecule has 0 saturated carbocycles. The Balaban J connectivity index is 2.06. The molecule has 134 valence electrons. The number of allylic oxidation sites excluding steroid dienone is 6. The Morgan fingerprint density at radius 3 is 2.68 bits per heavy atom. The summed E-state index contributed by atoms with van der Waals surface area (Å²) in [5.41, 5.74) is 6.01. The topological polar surface area (TPSA) is 33.4 Å². The first-order valence-corrected chi connectivity index (χ1v) is 9.57. The van der Waals surface area contributed by atoms with Crippen LogP contribution in [0.1, 0.15) is 52.7 Å². The summed E-state index contributed by atoms with van der Waals surface area (Å²) in [6.07, 6.45) is 12.3. The van der Waals surface area contributed by atoms with Crippen molar-refractivity contribution in [2.75, 3.05) is 13.1 Å². The molecule has 0 aromatic carbocycles. The maximum atomic E-state index is 4.95. The minimum Gasteiger partial charge on any atom is -0.375 e. The molecule has 1 unspecified atom stereocenters. The summed E-state index contributed by atoms with van der Waals surface area (Å²) in [6.45, 7) is 10.9. The van der Waals surface area contributed by atoms with Crippen LogP contribution in [0.4, 0.5) is 0 Å². The van der Waals surface area contributed by atoms with Crippen molar-refractivity contribution >= 4 is 11.6 Å². The molecule has 2 heterocycles. The summed E-state index contributed by atoms with van der Waals surface area (Å²) < 4.78 is 1.93. The first kappa shape index (κ1) is 17.7. The molecule has 0 fully saturated rings. The minimum absolute atomic E-state index is 0.357. The molecule has 4 heteroatoms. The lowest BCUT2D eigenvalue weighted by atomic mass is 9.91. The zero-order valence-electron chi connectivity index (χ0n) is 16.2. The van der Waals surface area contributed by atoms with Crippen molar-refractivity contribution in [3.8, 4) is 0 Å². The molecular weight excluding hydrogens is 308 g/mol. The van der Waals surface area contributed by atoms with Crippen molar-refractivity contribution in [3.63, 3.8) is 0 Å². The van der Waals surface area contributed by atoms with Crippen LogP contribution in [0, 0.1) is 5.92 Å². The Hall–Kier alpha value is -2.10. The van der Waals surface area contributed by atoms with Gasteiger partial charge in [-0.3, -0.25) is 0 Å². The maximum absolute atomic E-state index is 4.95. The van der Waals surface area contributed by atoms with Gasteiger partial charge in [0.2, 0.25) is 0 Å². The number of aromatic nitrogens is 2. The van der Waals surface area contributed by atoms with Gasteiger partial charge < -0.3 is 4.90 Å². The van der Waals surface area contributed by atoms with Crippen LogP contribution in [0.3, 0.4) is 0 Å². The van der Waals surface area contributed by atoms with Crippen LogP contribution in [0.2, 0.25) is 0 Å². The quantitative estimate of drug-likeness (QED) is 0.798. The van der Waals surface area contributed by atoms with Crippen LogP contribution < -0.4 is 10.7 Å². The lowest BCUT2D eigenvalue weighted by Gasteiger charge is -2.30. The monoisotopic (exact) mass is 338 g/mol. The summed E-state index contributed by atoms with van der Waals surface area (Å²) in [5.74, 6) is 0.357. The minimum atomic E-state index is 0.357.